The summed E-state index contributed by atoms with van der Waals surface area (Å²) in [5.41, 5.74) is 0.200. The first-order valence-corrected chi connectivity index (χ1v) is 17.3. The van der Waals surface area contributed by atoms with Crippen molar-refractivity contribution in [3.8, 4) is 0 Å². The minimum atomic E-state index is -4.56. The molecule has 0 saturated carbocycles. The van der Waals surface area contributed by atoms with Crippen LogP contribution in [0, 0.1) is 5.92 Å². The van der Waals surface area contributed by atoms with E-state index in [4.69, 9.17) is 13.8 Å². The summed E-state index contributed by atoms with van der Waals surface area (Å²) in [4.78, 5) is 23.7. The van der Waals surface area contributed by atoms with E-state index in [9.17, 15) is 19.4 Å². The van der Waals surface area contributed by atoms with E-state index in [0.717, 1.165) is 25.7 Å². The fraction of sp³-hybridized carbons (Fsp3) is 0.903. The maximum atomic E-state index is 12.3. The zero-order chi connectivity index (χ0) is 29.2. The Morgan fingerprint density at radius 3 is 1.50 bits per heavy atom. The fourth-order valence-corrected chi connectivity index (χ4v) is 5.38. The molecule has 0 heterocycles. The van der Waals surface area contributed by atoms with Crippen LogP contribution in [0.2, 0.25) is 0 Å². The fourth-order valence-electron chi connectivity index (χ4n) is 4.55. The van der Waals surface area contributed by atoms with E-state index >= 15 is 0 Å². The molecule has 0 rings (SSSR count). The third-order valence-corrected chi connectivity index (χ3v) is 8.01. The minimum Gasteiger partial charge on any atom is -0.756 e. The second kappa shape index (κ2) is 30.0. The van der Waals surface area contributed by atoms with Crippen LogP contribution < -0.4 is 56.3 Å². The molecule has 0 fully saturated rings. The van der Waals surface area contributed by atoms with Gasteiger partial charge in [-0.2, -0.15) is 0 Å². The molecule has 0 aliphatic rings. The average molecular weight is 615 g/mol. The number of aliphatic hydroxyl groups is 1. The number of ether oxygens (including phenoxy) is 1. The largest absolute Gasteiger partial charge is 1.00 e. The number of aliphatic hydroxyl groups excluding tert-OH is 1. The van der Waals surface area contributed by atoms with Crippen LogP contribution in [0.4, 0.5) is 0 Å². The number of unbranched alkanes of at least 4 members (excludes halogenated alkanes) is 16. The van der Waals surface area contributed by atoms with Crippen LogP contribution in [0.3, 0.4) is 0 Å². The molecule has 7 nitrogen and oxygen atoms in total. The molecular weight excluding hydrogens is 554 g/mol. The van der Waals surface area contributed by atoms with Gasteiger partial charge in [0.1, 0.15) is 12.7 Å². The molecule has 0 bridgehead atoms. The molecule has 0 aliphatic carbocycles. The predicted molar refractivity (Wildman–Crippen MR) is 158 cm³/mol. The number of carbonyl (C=O) groups excluding carboxylic acids is 1. The van der Waals surface area contributed by atoms with Gasteiger partial charge in [0.15, 0.2) is 0 Å². The van der Waals surface area contributed by atoms with Crippen LogP contribution in [0.15, 0.2) is 12.2 Å². The van der Waals surface area contributed by atoms with Gasteiger partial charge >= 0.3 is 57.4 Å². The molecule has 0 spiro atoms. The molecule has 0 aromatic carbocycles. The van der Waals surface area contributed by atoms with E-state index < -0.39 is 26.5 Å². The van der Waals surface area contributed by atoms with Crippen molar-refractivity contribution in [2.24, 2.45) is 5.92 Å². The van der Waals surface area contributed by atoms with Crippen LogP contribution in [0.25, 0.3) is 0 Å². The molecule has 232 valence electrons. The van der Waals surface area contributed by atoms with Gasteiger partial charge in [-0.25, -0.2) is 4.79 Å². The molecule has 0 amide bonds. The number of rotatable bonds is 29. The van der Waals surface area contributed by atoms with E-state index in [1.54, 1.807) is 0 Å². The van der Waals surface area contributed by atoms with E-state index in [1.165, 1.54) is 110 Å². The summed E-state index contributed by atoms with van der Waals surface area (Å²) in [5, 5.41) is 9.87. The van der Waals surface area contributed by atoms with E-state index in [1.807, 2.05) is 0 Å². The molecule has 3 unspecified atom stereocenters. The summed E-state index contributed by atoms with van der Waals surface area (Å²) in [6.07, 6.45) is 23.3. The molecule has 40 heavy (non-hydrogen) atoms. The van der Waals surface area contributed by atoms with E-state index in [-0.39, 0.29) is 76.1 Å². The molecule has 1 N–H and O–H groups in total. The van der Waals surface area contributed by atoms with Crippen LogP contribution in [0.1, 0.15) is 149 Å². The third kappa shape index (κ3) is 29.0. The smallest absolute Gasteiger partial charge is 0.756 e. The first-order chi connectivity index (χ1) is 18.7. The molecule has 9 heteroatoms. The van der Waals surface area contributed by atoms with Crippen molar-refractivity contribution in [2.75, 3.05) is 19.8 Å². The normalized spacial score (nSPS) is 14.2. The van der Waals surface area contributed by atoms with Crippen molar-refractivity contribution >= 4 is 13.8 Å². The maximum absolute atomic E-state index is 12.3. The van der Waals surface area contributed by atoms with Crippen molar-refractivity contribution in [3.05, 3.63) is 12.2 Å². The Morgan fingerprint density at radius 1 is 0.725 bits per heavy atom. The van der Waals surface area contributed by atoms with Gasteiger partial charge in [0.05, 0.1) is 13.2 Å². The van der Waals surface area contributed by atoms with Crippen molar-refractivity contribution < 1.29 is 84.5 Å². The second-order valence-electron chi connectivity index (χ2n) is 11.2. The Morgan fingerprint density at radius 2 is 1.10 bits per heavy atom. The number of hydrogen-bond acceptors (Lipinski definition) is 7. The zero-order valence-corrected chi connectivity index (χ0v) is 30.5. The number of esters is 1. The number of hydrogen-bond donors (Lipinski definition) is 1. The van der Waals surface area contributed by atoms with Crippen LogP contribution >= 0.6 is 7.82 Å². The molecule has 0 aromatic rings. The number of phosphoric ester groups is 1. The van der Waals surface area contributed by atoms with Gasteiger partial charge in [-0.1, -0.05) is 136 Å². The monoisotopic (exact) mass is 614 g/mol. The third-order valence-electron chi connectivity index (χ3n) is 7.08. The van der Waals surface area contributed by atoms with Crippen molar-refractivity contribution in [1.29, 1.82) is 0 Å². The van der Waals surface area contributed by atoms with Crippen LogP contribution in [-0.4, -0.2) is 37.0 Å². The number of carbonyl (C=O) groups is 1. The SMILES string of the molecule is C=C(C)C(=O)OCC(O)COP(=O)([O-])OCC(CCCCCCCCCC)CCCCCCCCCCCC.[K+]. The van der Waals surface area contributed by atoms with Crippen molar-refractivity contribution in [2.45, 2.75) is 155 Å². The molecule has 0 radical (unpaired) electrons. The summed E-state index contributed by atoms with van der Waals surface area (Å²) >= 11 is 0. The first kappa shape index (κ1) is 43.0. The average Bonchev–Trinajstić information content (AvgIpc) is 2.91. The Balaban J connectivity index is 0. The van der Waals surface area contributed by atoms with E-state index in [2.05, 4.69) is 20.4 Å². The number of phosphoric acid groups is 1. The molecular formula is C31H60KO7P. The molecule has 0 saturated heterocycles. The first-order valence-electron chi connectivity index (χ1n) is 15.8. The van der Waals surface area contributed by atoms with Gasteiger partial charge in [0.2, 0.25) is 0 Å². The summed E-state index contributed by atoms with van der Waals surface area (Å²) in [6, 6.07) is 0. The summed E-state index contributed by atoms with van der Waals surface area (Å²) in [6.45, 7) is 8.63. The molecule has 0 aliphatic heterocycles. The van der Waals surface area contributed by atoms with Gasteiger partial charge in [-0.15, -0.1) is 0 Å². The molecule has 0 aromatic heterocycles. The second-order valence-corrected chi connectivity index (χ2v) is 12.6. The molecule has 3 atom stereocenters. The van der Waals surface area contributed by atoms with Gasteiger partial charge in [0, 0.05) is 5.57 Å². The maximum Gasteiger partial charge on any atom is 1.00 e. The van der Waals surface area contributed by atoms with Gasteiger partial charge in [-0.05, 0) is 25.7 Å². The Labute approximate surface area is 289 Å². The van der Waals surface area contributed by atoms with Gasteiger partial charge < -0.3 is 23.8 Å². The Kier molecular flexibility index (Phi) is 32.2. The summed E-state index contributed by atoms with van der Waals surface area (Å²) in [7, 11) is -4.56. The topological polar surface area (TPSA) is 105 Å². The standard InChI is InChI=1S/C31H61O7P.K/c1-5-7-9-11-13-15-16-18-20-22-24-29(23-21-19-17-14-12-10-8-6-2)25-37-39(34,35)38-27-30(32)26-36-31(33)28(3)4;/h29-30,32H,3,5-27H2,1-2,4H3,(H,34,35);/q;+1/p-1. The van der Waals surface area contributed by atoms with Gasteiger partial charge in [-0.3, -0.25) is 4.57 Å². The quantitative estimate of drug-likeness (QED) is 0.0394. The minimum absolute atomic E-state index is 0. The predicted octanol–water partition coefficient (Wildman–Crippen LogP) is 5.43. The summed E-state index contributed by atoms with van der Waals surface area (Å²) < 4.78 is 27.2. The van der Waals surface area contributed by atoms with Crippen molar-refractivity contribution in [3.63, 3.8) is 0 Å². The Hall–Kier alpha value is 0.916. The van der Waals surface area contributed by atoms with Crippen LogP contribution in [0.5, 0.6) is 0 Å². The van der Waals surface area contributed by atoms with E-state index in [0.29, 0.717) is 0 Å². The van der Waals surface area contributed by atoms with Crippen molar-refractivity contribution in [1.82, 2.24) is 0 Å². The summed E-state index contributed by atoms with van der Waals surface area (Å²) in [5.74, 6) is -0.474. The Bertz CT molecular complexity index is 647. The van der Waals surface area contributed by atoms with Crippen LogP contribution in [-0.2, 0) is 23.1 Å². The zero-order valence-electron chi connectivity index (χ0n) is 26.5. The van der Waals surface area contributed by atoms with Gasteiger partial charge in [0.25, 0.3) is 7.82 Å².